The van der Waals surface area contributed by atoms with E-state index in [1.165, 1.54) is 6.33 Å². The van der Waals surface area contributed by atoms with Gasteiger partial charge in [-0.2, -0.15) is 9.97 Å². The van der Waals surface area contributed by atoms with Crippen molar-refractivity contribution >= 4 is 34.4 Å². The predicted octanol–water partition coefficient (Wildman–Crippen LogP) is 4.07. The first-order valence-corrected chi connectivity index (χ1v) is 6.61. The van der Waals surface area contributed by atoms with Crippen molar-refractivity contribution in [2.45, 2.75) is 13.8 Å². The molecule has 0 atom stereocenters. The first-order valence-electron chi connectivity index (χ1n) is 5.86. The normalized spacial score (nSPS) is 11.0. The molecule has 0 aliphatic heterocycles. The number of nitrogens with zero attached hydrogens (tertiary/aromatic N) is 3. The van der Waals surface area contributed by atoms with Crippen LogP contribution < -0.4 is 4.74 Å². The number of fused-ring (bicyclic) bond motifs is 1. The molecule has 0 saturated carbocycles. The summed E-state index contributed by atoms with van der Waals surface area (Å²) in [7, 11) is 0. The molecule has 0 spiro atoms. The number of hydrogen-bond acceptors (Lipinski definition) is 4. The van der Waals surface area contributed by atoms with Gasteiger partial charge in [0, 0.05) is 5.02 Å². The zero-order valence-corrected chi connectivity index (χ0v) is 12.2. The molecular formula is C13H10Cl2N4O. The van der Waals surface area contributed by atoms with Crippen molar-refractivity contribution in [1.82, 2.24) is 19.9 Å². The Morgan fingerprint density at radius 2 is 1.80 bits per heavy atom. The van der Waals surface area contributed by atoms with Gasteiger partial charge >= 0.3 is 0 Å². The van der Waals surface area contributed by atoms with Gasteiger partial charge in [-0.15, -0.1) is 0 Å². The summed E-state index contributed by atoms with van der Waals surface area (Å²) in [6.07, 6.45) is 1.51. The van der Waals surface area contributed by atoms with Crippen LogP contribution in [0.25, 0.3) is 11.2 Å². The Morgan fingerprint density at radius 1 is 1.10 bits per heavy atom. The largest absolute Gasteiger partial charge is 0.437 e. The molecule has 0 aliphatic carbocycles. The average Bonchev–Trinajstić information content (AvgIpc) is 2.84. The highest BCUT2D eigenvalue weighted by atomic mass is 35.5. The quantitative estimate of drug-likeness (QED) is 0.725. The van der Waals surface area contributed by atoms with Crippen LogP contribution in [-0.2, 0) is 0 Å². The molecule has 0 aliphatic rings. The maximum absolute atomic E-state index is 6.14. The van der Waals surface area contributed by atoms with Gasteiger partial charge in [0.15, 0.2) is 5.65 Å². The molecule has 1 N–H and O–H groups in total. The highest BCUT2D eigenvalue weighted by molar-refractivity contribution is 6.32. The van der Waals surface area contributed by atoms with Crippen molar-refractivity contribution in [1.29, 1.82) is 0 Å². The Kier molecular flexibility index (Phi) is 3.23. The summed E-state index contributed by atoms with van der Waals surface area (Å²) in [4.78, 5) is 15.0. The lowest BCUT2D eigenvalue weighted by Crippen LogP contribution is -1.94. The van der Waals surface area contributed by atoms with Gasteiger partial charge in [-0.05, 0) is 48.7 Å². The number of imidazole rings is 1. The molecule has 20 heavy (non-hydrogen) atoms. The SMILES string of the molecule is Cc1cc(Oc2nc(Cl)nc3nc[nH]c23)cc(C)c1Cl. The van der Waals surface area contributed by atoms with Crippen LogP contribution in [0.5, 0.6) is 11.6 Å². The van der Waals surface area contributed by atoms with Gasteiger partial charge in [0.2, 0.25) is 11.2 Å². The van der Waals surface area contributed by atoms with Crippen LogP contribution in [0.15, 0.2) is 18.5 Å². The third-order valence-corrected chi connectivity index (χ3v) is 3.61. The van der Waals surface area contributed by atoms with E-state index in [-0.39, 0.29) is 5.28 Å². The highest BCUT2D eigenvalue weighted by Gasteiger charge is 2.12. The van der Waals surface area contributed by atoms with Crippen molar-refractivity contribution in [3.8, 4) is 11.6 Å². The molecule has 2 aromatic heterocycles. The van der Waals surface area contributed by atoms with Crippen molar-refractivity contribution in [2.75, 3.05) is 0 Å². The molecule has 0 amide bonds. The summed E-state index contributed by atoms with van der Waals surface area (Å²) in [5.41, 5.74) is 2.92. The summed E-state index contributed by atoms with van der Waals surface area (Å²) in [6, 6.07) is 3.68. The van der Waals surface area contributed by atoms with E-state index in [9.17, 15) is 0 Å². The lowest BCUT2D eigenvalue weighted by atomic mass is 10.1. The van der Waals surface area contributed by atoms with Crippen LogP contribution in [0.4, 0.5) is 0 Å². The van der Waals surface area contributed by atoms with E-state index in [0.717, 1.165) is 16.1 Å². The molecular weight excluding hydrogens is 299 g/mol. The van der Waals surface area contributed by atoms with E-state index >= 15 is 0 Å². The van der Waals surface area contributed by atoms with Crippen LogP contribution in [-0.4, -0.2) is 19.9 Å². The van der Waals surface area contributed by atoms with Crippen LogP contribution in [0, 0.1) is 13.8 Å². The molecule has 3 rings (SSSR count). The first kappa shape index (κ1) is 13.1. The number of rotatable bonds is 2. The van der Waals surface area contributed by atoms with Gasteiger partial charge in [0.05, 0.1) is 6.33 Å². The minimum atomic E-state index is 0.0852. The fraction of sp³-hybridized carbons (Fsp3) is 0.154. The number of aromatic amines is 1. The van der Waals surface area contributed by atoms with Crippen molar-refractivity contribution in [3.05, 3.63) is 39.9 Å². The number of ether oxygens (including phenoxy) is 1. The van der Waals surface area contributed by atoms with E-state index in [2.05, 4.69) is 19.9 Å². The number of aromatic nitrogens is 4. The van der Waals surface area contributed by atoms with E-state index in [4.69, 9.17) is 27.9 Å². The Labute approximate surface area is 124 Å². The lowest BCUT2D eigenvalue weighted by molar-refractivity contribution is 0.466. The first-order chi connectivity index (χ1) is 9.54. The van der Waals surface area contributed by atoms with Gasteiger partial charge in [-0.1, -0.05) is 11.6 Å². The minimum Gasteiger partial charge on any atom is -0.437 e. The molecule has 2 heterocycles. The maximum Gasteiger partial charge on any atom is 0.250 e. The van der Waals surface area contributed by atoms with Gasteiger partial charge in [-0.25, -0.2) is 4.98 Å². The molecule has 5 nitrogen and oxygen atoms in total. The van der Waals surface area contributed by atoms with Crippen molar-refractivity contribution < 1.29 is 4.74 Å². The zero-order chi connectivity index (χ0) is 14.3. The number of hydrogen-bond donors (Lipinski definition) is 1. The number of halogens is 2. The third kappa shape index (κ3) is 2.30. The van der Waals surface area contributed by atoms with Gasteiger partial charge in [-0.3, -0.25) is 0 Å². The molecule has 0 saturated heterocycles. The third-order valence-electron chi connectivity index (χ3n) is 2.85. The van der Waals surface area contributed by atoms with Crippen molar-refractivity contribution in [3.63, 3.8) is 0 Å². The monoisotopic (exact) mass is 308 g/mol. The number of nitrogens with one attached hydrogen (secondary N) is 1. The average molecular weight is 309 g/mol. The van der Waals surface area contributed by atoms with Crippen molar-refractivity contribution in [2.24, 2.45) is 0 Å². The van der Waals surface area contributed by atoms with E-state index in [1.807, 2.05) is 26.0 Å². The molecule has 0 bridgehead atoms. The Hall–Kier alpha value is -1.85. The van der Waals surface area contributed by atoms with Crippen LogP contribution in [0.3, 0.4) is 0 Å². The predicted molar refractivity (Wildman–Crippen MR) is 77.7 cm³/mol. The summed E-state index contributed by atoms with van der Waals surface area (Å²) in [5.74, 6) is 0.966. The summed E-state index contributed by atoms with van der Waals surface area (Å²) < 4.78 is 5.78. The fourth-order valence-electron chi connectivity index (χ4n) is 1.93. The fourth-order valence-corrected chi connectivity index (χ4v) is 2.20. The number of H-pyrrole nitrogens is 1. The maximum atomic E-state index is 6.14. The number of aryl methyl sites for hydroxylation is 2. The standard InChI is InChI=1S/C13H10Cl2N4O/c1-6-3-8(4-7(2)9(6)14)20-12-10-11(17-5-16-10)18-13(15)19-12/h3-5H,1-2H3,(H,16,17,18,19). The minimum absolute atomic E-state index is 0.0852. The Balaban J connectivity index is 2.07. The molecule has 0 fully saturated rings. The molecule has 1 aromatic carbocycles. The second-order valence-electron chi connectivity index (χ2n) is 4.37. The van der Waals surface area contributed by atoms with Gasteiger partial charge in [0.1, 0.15) is 11.3 Å². The molecule has 0 unspecified atom stereocenters. The second-order valence-corrected chi connectivity index (χ2v) is 5.09. The number of benzene rings is 1. The van der Waals surface area contributed by atoms with Crippen LogP contribution in [0.1, 0.15) is 11.1 Å². The Morgan fingerprint density at radius 3 is 2.50 bits per heavy atom. The smallest absolute Gasteiger partial charge is 0.250 e. The second kappa shape index (κ2) is 4.92. The van der Waals surface area contributed by atoms with Gasteiger partial charge < -0.3 is 9.72 Å². The summed E-state index contributed by atoms with van der Waals surface area (Å²) >= 11 is 12.0. The lowest BCUT2D eigenvalue weighted by Gasteiger charge is -2.09. The summed E-state index contributed by atoms with van der Waals surface area (Å²) in [6.45, 7) is 3.84. The molecule has 3 aromatic rings. The highest BCUT2D eigenvalue weighted by Crippen LogP contribution is 2.31. The Bertz CT molecular complexity index is 777. The van der Waals surface area contributed by atoms with E-state index in [1.54, 1.807) is 0 Å². The molecule has 7 heteroatoms. The molecule has 102 valence electrons. The zero-order valence-electron chi connectivity index (χ0n) is 10.7. The van der Waals surface area contributed by atoms with E-state index < -0.39 is 0 Å². The van der Waals surface area contributed by atoms with E-state index in [0.29, 0.717) is 22.8 Å². The molecule has 0 radical (unpaired) electrons. The van der Waals surface area contributed by atoms with Gasteiger partial charge in [0.25, 0.3) is 0 Å². The topological polar surface area (TPSA) is 63.7 Å². The summed E-state index contributed by atoms with van der Waals surface area (Å²) in [5, 5.41) is 0.812. The van der Waals surface area contributed by atoms with Crippen LogP contribution >= 0.6 is 23.2 Å². The van der Waals surface area contributed by atoms with Crippen LogP contribution in [0.2, 0.25) is 10.3 Å².